The van der Waals surface area contributed by atoms with Crippen molar-refractivity contribution in [2.24, 2.45) is 0 Å². The first kappa shape index (κ1) is 26.2. The first-order valence-corrected chi connectivity index (χ1v) is 14.1. The number of fused-ring (bicyclic) bond motifs is 1. The molecule has 0 unspecified atom stereocenters. The number of aliphatic hydroxyl groups excluding tert-OH is 2. The van der Waals surface area contributed by atoms with Crippen molar-refractivity contribution in [2.45, 2.75) is 36.9 Å². The largest absolute Gasteiger partial charge is 0.387 e. The molecular formula is C18H20ClF2N4O8PS. The molecule has 2 aromatic rings. The molecule has 35 heavy (non-hydrogen) atoms. The van der Waals surface area contributed by atoms with Gasteiger partial charge in [0.1, 0.15) is 35.1 Å². The summed E-state index contributed by atoms with van der Waals surface area (Å²) < 4.78 is 69.8. The van der Waals surface area contributed by atoms with Gasteiger partial charge in [0.2, 0.25) is 0 Å². The Balaban J connectivity index is 1.71. The van der Waals surface area contributed by atoms with Crippen molar-refractivity contribution in [3.05, 3.63) is 23.0 Å². The highest BCUT2D eigenvalue weighted by Gasteiger charge is 2.46. The molecule has 17 heteroatoms. The van der Waals surface area contributed by atoms with E-state index >= 15 is 0 Å². The average molecular weight is 557 g/mol. The Bertz CT molecular complexity index is 1340. The molecule has 2 fully saturated rings. The Morgan fingerprint density at radius 3 is 2.46 bits per heavy atom. The molecule has 4 rings (SSSR count). The number of hydrogen-bond acceptors (Lipinski definition) is 9. The Kier molecular flexibility index (Phi) is 6.88. The normalized spacial score (nSPS) is 29.7. The van der Waals surface area contributed by atoms with E-state index in [-0.39, 0.29) is 40.5 Å². The van der Waals surface area contributed by atoms with Gasteiger partial charge < -0.3 is 34.2 Å². The number of aromatic nitrogens is 2. The quantitative estimate of drug-likeness (QED) is 0.357. The lowest BCUT2D eigenvalue weighted by molar-refractivity contribution is -0.0288. The predicted octanol–water partition coefficient (Wildman–Crippen LogP) is 0.227. The van der Waals surface area contributed by atoms with E-state index in [0.29, 0.717) is 0 Å². The molecule has 12 nitrogen and oxygen atoms in total. The zero-order valence-corrected chi connectivity index (χ0v) is 20.1. The molecule has 2 aliphatic rings. The molecule has 0 spiro atoms. The molecule has 4 heterocycles. The van der Waals surface area contributed by atoms with Crippen molar-refractivity contribution >= 4 is 45.8 Å². The molecule has 0 bridgehead atoms. The molecular weight excluding hydrogens is 537 g/mol. The second-order valence-corrected chi connectivity index (χ2v) is 12.9. The standard InChI is InChI=1S/C18H20ClF2N4O8PS/c19-13-11(3-22)23-17-8(14(13)24-4-9(20)10(21)5-24)1-2-25(17)18-16(27)15(26)12(33-18)6-35(31,32)7-34(28,29)30/h1-2,9-10,12,15-16,18,26-27H,4-7H2,(H2,28,29,30)/t9-,10+,12-,15-,16-,18-/m1/s1. The smallest absolute Gasteiger partial charge is 0.340 e. The molecule has 0 aliphatic carbocycles. The van der Waals surface area contributed by atoms with Crippen LogP contribution in [0.2, 0.25) is 5.02 Å². The number of ether oxygens (including phenoxy) is 1. The summed E-state index contributed by atoms with van der Waals surface area (Å²) in [6, 6.07) is 3.23. The highest BCUT2D eigenvalue weighted by Crippen LogP contribution is 2.42. The van der Waals surface area contributed by atoms with Crippen LogP contribution < -0.4 is 4.90 Å². The topological polar surface area (TPSA) is 186 Å². The Hall–Kier alpha value is -1.89. The summed E-state index contributed by atoms with van der Waals surface area (Å²) in [6.45, 7) is -0.645. The van der Waals surface area contributed by atoms with Crippen LogP contribution in [0.3, 0.4) is 0 Å². The SMILES string of the molecule is N#Cc1nc2c(ccn2[C@@H]2O[C@H](CS(=O)(=O)CP(=O)(O)O)[C@@H](O)[C@H]2O)c(N2C[C@@H](F)[C@@H](F)C2)c1Cl. The van der Waals surface area contributed by atoms with Crippen molar-refractivity contribution in [1.82, 2.24) is 9.55 Å². The second-order valence-electron chi connectivity index (χ2n) is 8.38. The highest BCUT2D eigenvalue weighted by molar-refractivity contribution is 7.97. The fraction of sp³-hybridized carbons (Fsp3) is 0.556. The molecule has 6 atom stereocenters. The van der Waals surface area contributed by atoms with E-state index in [1.807, 2.05) is 0 Å². The fourth-order valence-electron chi connectivity index (χ4n) is 4.28. The molecule has 0 aromatic carbocycles. The molecule has 0 saturated carbocycles. The number of nitriles is 1. The van der Waals surface area contributed by atoms with Gasteiger partial charge in [-0.25, -0.2) is 22.2 Å². The summed E-state index contributed by atoms with van der Waals surface area (Å²) in [5.41, 5.74) is -1.59. The molecule has 2 aromatic heterocycles. The van der Waals surface area contributed by atoms with E-state index in [9.17, 15) is 37.2 Å². The van der Waals surface area contributed by atoms with Gasteiger partial charge in [-0.15, -0.1) is 0 Å². The maximum Gasteiger partial charge on any atom is 0.340 e. The number of alkyl halides is 2. The van der Waals surface area contributed by atoms with Crippen molar-refractivity contribution in [1.29, 1.82) is 5.26 Å². The van der Waals surface area contributed by atoms with Gasteiger partial charge in [-0.2, -0.15) is 5.26 Å². The second kappa shape index (κ2) is 9.20. The Labute approximate surface area is 202 Å². The minimum atomic E-state index is -4.92. The zero-order chi connectivity index (χ0) is 25.9. The van der Waals surface area contributed by atoms with E-state index < -0.39 is 65.6 Å². The van der Waals surface area contributed by atoms with Gasteiger partial charge in [0.25, 0.3) is 0 Å². The monoisotopic (exact) mass is 556 g/mol. The molecule has 2 aliphatic heterocycles. The van der Waals surface area contributed by atoms with E-state index in [4.69, 9.17) is 26.1 Å². The van der Waals surface area contributed by atoms with Gasteiger partial charge in [-0.05, 0) is 6.07 Å². The van der Waals surface area contributed by atoms with Crippen LogP contribution in [0.15, 0.2) is 12.3 Å². The van der Waals surface area contributed by atoms with Gasteiger partial charge in [0.15, 0.2) is 39.6 Å². The van der Waals surface area contributed by atoms with Crippen LogP contribution in [0, 0.1) is 11.3 Å². The first-order valence-electron chi connectivity index (χ1n) is 10.1. The number of sulfone groups is 1. The van der Waals surface area contributed by atoms with Crippen LogP contribution >= 0.6 is 19.2 Å². The van der Waals surface area contributed by atoms with Gasteiger partial charge in [-0.1, -0.05) is 11.6 Å². The number of rotatable bonds is 6. The lowest BCUT2D eigenvalue weighted by Crippen LogP contribution is -2.35. The maximum atomic E-state index is 13.9. The molecule has 0 radical (unpaired) electrons. The minimum Gasteiger partial charge on any atom is -0.387 e. The predicted molar refractivity (Wildman–Crippen MR) is 118 cm³/mol. The van der Waals surface area contributed by atoms with Gasteiger partial charge in [0, 0.05) is 11.6 Å². The van der Waals surface area contributed by atoms with Gasteiger partial charge in [-0.3, -0.25) is 4.57 Å². The third-order valence-electron chi connectivity index (χ3n) is 5.77. The van der Waals surface area contributed by atoms with Crippen LogP contribution in [0.5, 0.6) is 0 Å². The number of aliphatic hydroxyl groups is 2. The molecule has 0 amide bonds. The van der Waals surface area contributed by atoms with Crippen LogP contribution in [0.25, 0.3) is 11.0 Å². The number of anilines is 1. The number of pyridine rings is 1. The van der Waals surface area contributed by atoms with Crippen molar-refractivity contribution < 1.29 is 46.5 Å². The summed E-state index contributed by atoms with van der Waals surface area (Å²) >= 11 is 6.30. The summed E-state index contributed by atoms with van der Waals surface area (Å²) in [4.78, 5) is 23.4. The summed E-state index contributed by atoms with van der Waals surface area (Å²) in [5.74, 6) is -0.983. The third kappa shape index (κ3) is 5.03. The van der Waals surface area contributed by atoms with Gasteiger partial charge >= 0.3 is 7.60 Å². The van der Waals surface area contributed by atoms with Crippen LogP contribution in [0.4, 0.5) is 14.5 Å². The van der Waals surface area contributed by atoms with E-state index in [2.05, 4.69) is 4.98 Å². The lowest BCUT2D eigenvalue weighted by Gasteiger charge is -2.22. The third-order valence-corrected chi connectivity index (χ3v) is 9.89. The number of hydrogen-bond donors (Lipinski definition) is 4. The van der Waals surface area contributed by atoms with E-state index in [1.54, 1.807) is 6.07 Å². The molecule has 2 saturated heterocycles. The summed E-state index contributed by atoms with van der Waals surface area (Å²) in [5, 5.41) is 30.5. The van der Waals surface area contributed by atoms with E-state index in [1.165, 1.54) is 21.7 Å². The van der Waals surface area contributed by atoms with Crippen molar-refractivity contribution in [3.8, 4) is 6.07 Å². The summed E-state index contributed by atoms with van der Waals surface area (Å²) in [6.07, 6.45) is -8.58. The number of halogens is 3. The zero-order valence-electron chi connectivity index (χ0n) is 17.6. The first-order chi connectivity index (χ1) is 16.2. The van der Waals surface area contributed by atoms with Crippen LogP contribution in [-0.4, -0.2) is 93.0 Å². The summed E-state index contributed by atoms with van der Waals surface area (Å²) in [7, 11) is -9.30. The Morgan fingerprint density at radius 1 is 1.26 bits per heavy atom. The van der Waals surface area contributed by atoms with E-state index in [0.717, 1.165) is 0 Å². The number of nitrogens with zero attached hydrogens (tertiary/aromatic N) is 4. The van der Waals surface area contributed by atoms with Crippen LogP contribution in [-0.2, 0) is 19.1 Å². The molecule has 192 valence electrons. The minimum absolute atomic E-state index is 0.00800. The molecule has 4 N–H and O–H groups in total. The maximum absolute atomic E-state index is 13.9. The lowest BCUT2D eigenvalue weighted by atomic mass is 10.1. The van der Waals surface area contributed by atoms with Crippen LogP contribution in [0.1, 0.15) is 11.9 Å². The van der Waals surface area contributed by atoms with Gasteiger partial charge in [0.05, 0.1) is 24.5 Å². The fourth-order valence-corrected chi connectivity index (χ4v) is 7.83. The highest BCUT2D eigenvalue weighted by atomic mass is 35.5. The Morgan fingerprint density at radius 2 is 1.89 bits per heavy atom. The average Bonchev–Trinajstić information content (AvgIpc) is 3.37. The van der Waals surface area contributed by atoms with Crippen molar-refractivity contribution in [2.75, 3.05) is 29.2 Å². The van der Waals surface area contributed by atoms with Crippen molar-refractivity contribution in [3.63, 3.8) is 0 Å².